The average molecular weight is 266 g/mol. The highest BCUT2D eigenvalue weighted by Crippen LogP contribution is 2.29. The van der Waals surface area contributed by atoms with Gasteiger partial charge in [0, 0.05) is 0 Å². The molecule has 0 atom stereocenters. The number of hydrogen-bond donors (Lipinski definition) is 1. The van der Waals surface area contributed by atoms with Crippen molar-refractivity contribution in [1.82, 2.24) is 9.97 Å². The number of ether oxygens (including phenoxy) is 1. The average Bonchev–Trinajstić information content (AvgIpc) is 2.89. The van der Waals surface area contributed by atoms with Crippen LogP contribution in [0.2, 0.25) is 0 Å². The summed E-state index contributed by atoms with van der Waals surface area (Å²) in [5, 5.41) is 0. The first-order chi connectivity index (χ1) is 9.74. The first-order valence-corrected chi connectivity index (χ1v) is 6.91. The summed E-state index contributed by atoms with van der Waals surface area (Å²) in [6, 6.07) is 16.1. The van der Waals surface area contributed by atoms with Crippen LogP contribution in [-0.4, -0.2) is 16.6 Å². The number of fused-ring (bicyclic) bond motifs is 1. The molecule has 0 unspecified atom stereocenters. The molecule has 0 amide bonds. The number of para-hydroxylation sites is 3. The maximum atomic E-state index is 5.89. The van der Waals surface area contributed by atoms with Crippen LogP contribution in [0.15, 0.2) is 48.5 Å². The minimum Gasteiger partial charge on any atom is -0.493 e. The summed E-state index contributed by atoms with van der Waals surface area (Å²) in [6.45, 7) is 4.99. The van der Waals surface area contributed by atoms with E-state index < -0.39 is 0 Å². The SMILES string of the molecule is CC(C)COc1ccccc1-c1nc2ccccc2[nH]1. The Morgan fingerprint density at radius 1 is 1.05 bits per heavy atom. The molecule has 3 nitrogen and oxygen atoms in total. The van der Waals surface area contributed by atoms with Gasteiger partial charge in [0.1, 0.15) is 11.6 Å². The summed E-state index contributed by atoms with van der Waals surface area (Å²) in [7, 11) is 0. The first kappa shape index (κ1) is 12.7. The molecule has 0 radical (unpaired) electrons. The van der Waals surface area contributed by atoms with Crippen molar-refractivity contribution >= 4 is 11.0 Å². The standard InChI is InChI=1S/C17H18N2O/c1-12(2)11-20-16-10-6-3-7-13(16)17-18-14-8-4-5-9-15(14)19-17/h3-10,12H,11H2,1-2H3,(H,18,19). The van der Waals surface area contributed by atoms with E-state index in [2.05, 4.69) is 23.8 Å². The van der Waals surface area contributed by atoms with Crippen LogP contribution in [0.3, 0.4) is 0 Å². The van der Waals surface area contributed by atoms with E-state index in [1.807, 2.05) is 48.5 Å². The maximum absolute atomic E-state index is 5.89. The van der Waals surface area contributed by atoms with Crippen molar-refractivity contribution in [3.8, 4) is 17.1 Å². The summed E-state index contributed by atoms with van der Waals surface area (Å²) < 4.78 is 5.89. The highest BCUT2D eigenvalue weighted by atomic mass is 16.5. The summed E-state index contributed by atoms with van der Waals surface area (Å²) in [6.07, 6.45) is 0. The van der Waals surface area contributed by atoms with Crippen molar-refractivity contribution in [2.45, 2.75) is 13.8 Å². The second kappa shape index (κ2) is 5.37. The molecular formula is C17H18N2O. The van der Waals surface area contributed by atoms with E-state index in [1.165, 1.54) is 0 Å². The number of imidazole rings is 1. The van der Waals surface area contributed by atoms with Gasteiger partial charge >= 0.3 is 0 Å². The molecule has 3 heteroatoms. The molecule has 0 fully saturated rings. The number of benzene rings is 2. The van der Waals surface area contributed by atoms with Crippen LogP contribution in [0.5, 0.6) is 5.75 Å². The molecule has 3 rings (SSSR count). The van der Waals surface area contributed by atoms with Gasteiger partial charge in [-0.2, -0.15) is 0 Å². The van der Waals surface area contributed by atoms with Gasteiger partial charge in [-0.25, -0.2) is 4.98 Å². The monoisotopic (exact) mass is 266 g/mol. The summed E-state index contributed by atoms with van der Waals surface area (Å²) in [4.78, 5) is 7.98. The van der Waals surface area contributed by atoms with Gasteiger partial charge in [-0.1, -0.05) is 38.1 Å². The maximum Gasteiger partial charge on any atom is 0.142 e. The van der Waals surface area contributed by atoms with Crippen molar-refractivity contribution in [2.24, 2.45) is 5.92 Å². The zero-order valence-electron chi connectivity index (χ0n) is 11.8. The van der Waals surface area contributed by atoms with Crippen molar-refractivity contribution in [1.29, 1.82) is 0 Å². The van der Waals surface area contributed by atoms with Gasteiger partial charge in [-0.05, 0) is 30.2 Å². The minimum atomic E-state index is 0.499. The highest BCUT2D eigenvalue weighted by Gasteiger charge is 2.10. The molecule has 2 aromatic carbocycles. The lowest BCUT2D eigenvalue weighted by molar-refractivity contribution is 0.272. The Bertz CT molecular complexity index is 683. The van der Waals surface area contributed by atoms with E-state index in [-0.39, 0.29) is 0 Å². The molecule has 1 heterocycles. The lowest BCUT2D eigenvalue weighted by Crippen LogP contribution is -2.05. The number of hydrogen-bond acceptors (Lipinski definition) is 2. The minimum absolute atomic E-state index is 0.499. The summed E-state index contributed by atoms with van der Waals surface area (Å²) in [5.74, 6) is 2.23. The molecule has 1 aromatic heterocycles. The topological polar surface area (TPSA) is 37.9 Å². The van der Waals surface area contributed by atoms with E-state index in [1.54, 1.807) is 0 Å². The summed E-state index contributed by atoms with van der Waals surface area (Å²) >= 11 is 0. The second-order valence-corrected chi connectivity index (χ2v) is 5.30. The largest absolute Gasteiger partial charge is 0.493 e. The zero-order chi connectivity index (χ0) is 13.9. The summed E-state index contributed by atoms with van der Waals surface area (Å²) in [5.41, 5.74) is 3.02. The predicted octanol–water partition coefficient (Wildman–Crippen LogP) is 4.26. The van der Waals surface area contributed by atoms with Crippen LogP contribution in [-0.2, 0) is 0 Å². The molecule has 0 bridgehead atoms. The fourth-order valence-electron chi connectivity index (χ4n) is 2.12. The predicted molar refractivity (Wildman–Crippen MR) is 81.9 cm³/mol. The Morgan fingerprint density at radius 3 is 2.60 bits per heavy atom. The number of nitrogens with one attached hydrogen (secondary N) is 1. The lowest BCUT2D eigenvalue weighted by atomic mass is 10.2. The third-order valence-corrected chi connectivity index (χ3v) is 3.10. The second-order valence-electron chi connectivity index (χ2n) is 5.30. The van der Waals surface area contributed by atoms with Gasteiger partial charge in [0.25, 0.3) is 0 Å². The van der Waals surface area contributed by atoms with E-state index in [0.717, 1.165) is 28.2 Å². The highest BCUT2D eigenvalue weighted by molar-refractivity contribution is 5.80. The molecule has 0 aliphatic rings. The molecule has 0 spiro atoms. The first-order valence-electron chi connectivity index (χ1n) is 6.91. The third-order valence-electron chi connectivity index (χ3n) is 3.10. The van der Waals surface area contributed by atoms with Gasteiger partial charge in [0.05, 0.1) is 23.2 Å². The smallest absolute Gasteiger partial charge is 0.142 e. The van der Waals surface area contributed by atoms with Gasteiger partial charge in [-0.15, -0.1) is 0 Å². The fraction of sp³-hybridized carbons (Fsp3) is 0.235. The quantitative estimate of drug-likeness (QED) is 0.766. The molecule has 0 aliphatic carbocycles. The van der Waals surface area contributed by atoms with Crippen molar-refractivity contribution in [3.05, 3.63) is 48.5 Å². The molecule has 20 heavy (non-hydrogen) atoms. The number of nitrogens with zero attached hydrogens (tertiary/aromatic N) is 1. The Morgan fingerprint density at radius 2 is 1.80 bits per heavy atom. The van der Waals surface area contributed by atoms with Gasteiger partial charge < -0.3 is 9.72 Å². The molecule has 102 valence electrons. The van der Waals surface area contributed by atoms with Gasteiger partial charge in [-0.3, -0.25) is 0 Å². The number of rotatable bonds is 4. The number of aromatic nitrogens is 2. The number of aromatic amines is 1. The Hall–Kier alpha value is -2.29. The van der Waals surface area contributed by atoms with Crippen molar-refractivity contribution in [3.63, 3.8) is 0 Å². The van der Waals surface area contributed by atoms with Crippen LogP contribution < -0.4 is 4.74 Å². The van der Waals surface area contributed by atoms with E-state index in [0.29, 0.717) is 12.5 Å². The molecule has 0 saturated heterocycles. The van der Waals surface area contributed by atoms with Gasteiger partial charge in [0.15, 0.2) is 0 Å². The van der Waals surface area contributed by atoms with E-state index in [9.17, 15) is 0 Å². The Labute approximate surface area is 118 Å². The molecule has 0 aliphatic heterocycles. The lowest BCUT2D eigenvalue weighted by Gasteiger charge is -2.11. The van der Waals surface area contributed by atoms with Crippen LogP contribution in [0.25, 0.3) is 22.4 Å². The molecule has 1 N–H and O–H groups in total. The Kier molecular flexibility index (Phi) is 3.42. The van der Waals surface area contributed by atoms with Gasteiger partial charge in [0.2, 0.25) is 0 Å². The van der Waals surface area contributed by atoms with Crippen LogP contribution >= 0.6 is 0 Å². The third kappa shape index (κ3) is 2.52. The molecule has 3 aromatic rings. The normalized spacial score (nSPS) is 11.2. The van der Waals surface area contributed by atoms with Crippen LogP contribution in [0, 0.1) is 5.92 Å². The Balaban J connectivity index is 2.00. The van der Waals surface area contributed by atoms with E-state index in [4.69, 9.17) is 4.74 Å². The molecule has 0 saturated carbocycles. The van der Waals surface area contributed by atoms with Crippen molar-refractivity contribution in [2.75, 3.05) is 6.61 Å². The molecular weight excluding hydrogens is 248 g/mol. The zero-order valence-corrected chi connectivity index (χ0v) is 11.8. The van der Waals surface area contributed by atoms with E-state index >= 15 is 0 Å². The number of H-pyrrole nitrogens is 1. The fourth-order valence-corrected chi connectivity index (χ4v) is 2.12. The van der Waals surface area contributed by atoms with Crippen LogP contribution in [0.4, 0.5) is 0 Å². The van der Waals surface area contributed by atoms with Crippen LogP contribution in [0.1, 0.15) is 13.8 Å². The van der Waals surface area contributed by atoms with Crippen molar-refractivity contribution < 1.29 is 4.74 Å².